The SMILES string of the molecule is CC1(C)CN(C(C)(C)C)CCC1N1CCNCC1. The van der Waals surface area contributed by atoms with Gasteiger partial charge in [-0.2, -0.15) is 0 Å². The van der Waals surface area contributed by atoms with Gasteiger partial charge in [-0.1, -0.05) is 13.8 Å². The van der Waals surface area contributed by atoms with Crippen molar-refractivity contribution in [2.45, 2.75) is 52.6 Å². The van der Waals surface area contributed by atoms with E-state index in [1.165, 1.54) is 32.6 Å². The molecule has 0 aliphatic carbocycles. The standard InChI is InChI=1S/C15H31N3/c1-14(2,3)18-9-6-13(15(4,5)12-18)17-10-7-16-8-11-17/h13,16H,6-12H2,1-5H3. The first kappa shape index (κ1) is 14.3. The van der Waals surface area contributed by atoms with E-state index in [1.54, 1.807) is 0 Å². The highest BCUT2D eigenvalue weighted by molar-refractivity contribution is 4.97. The van der Waals surface area contributed by atoms with Crippen molar-refractivity contribution in [3.8, 4) is 0 Å². The zero-order chi connectivity index (χ0) is 13.4. The number of likely N-dealkylation sites (tertiary alicyclic amines) is 1. The van der Waals surface area contributed by atoms with Crippen LogP contribution in [0.3, 0.4) is 0 Å². The minimum absolute atomic E-state index is 0.311. The van der Waals surface area contributed by atoms with E-state index in [-0.39, 0.29) is 0 Å². The summed E-state index contributed by atoms with van der Waals surface area (Å²) >= 11 is 0. The molecule has 0 amide bonds. The molecule has 106 valence electrons. The molecule has 2 heterocycles. The smallest absolute Gasteiger partial charge is 0.0172 e. The van der Waals surface area contributed by atoms with Crippen molar-refractivity contribution in [1.82, 2.24) is 15.1 Å². The van der Waals surface area contributed by atoms with Gasteiger partial charge in [0.1, 0.15) is 0 Å². The summed E-state index contributed by atoms with van der Waals surface area (Å²) in [5.74, 6) is 0. The summed E-state index contributed by atoms with van der Waals surface area (Å²) in [5, 5.41) is 3.46. The number of piperidine rings is 1. The molecule has 1 unspecified atom stereocenters. The van der Waals surface area contributed by atoms with E-state index >= 15 is 0 Å². The molecule has 2 rings (SSSR count). The zero-order valence-corrected chi connectivity index (χ0v) is 12.9. The third-order valence-electron chi connectivity index (χ3n) is 4.71. The first-order valence-corrected chi connectivity index (χ1v) is 7.50. The van der Waals surface area contributed by atoms with Gasteiger partial charge >= 0.3 is 0 Å². The highest BCUT2D eigenvalue weighted by Crippen LogP contribution is 2.35. The molecule has 2 aliphatic rings. The Morgan fingerprint density at radius 2 is 1.67 bits per heavy atom. The maximum absolute atomic E-state index is 3.46. The molecule has 1 atom stereocenters. The fourth-order valence-corrected chi connectivity index (χ4v) is 3.59. The highest BCUT2D eigenvalue weighted by atomic mass is 15.3. The number of piperazine rings is 1. The summed E-state index contributed by atoms with van der Waals surface area (Å²) in [5.41, 5.74) is 0.717. The van der Waals surface area contributed by atoms with Crippen LogP contribution in [0.2, 0.25) is 0 Å². The van der Waals surface area contributed by atoms with Crippen molar-refractivity contribution in [1.29, 1.82) is 0 Å². The number of rotatable bonds is 1. The number of nitrogens with one attached hydrogen (secondary N) is 1. The minimum atomic E-state index is 0.311. The Kier molecular flexibility index (Phi) is 4.05. The van der Waals surface area contributed by atoms with Gasteiger partial charge in [-0.05, 0) is 32.6 Å². The summed E-state index contributed by atoms with van der Waals surface area (Å²) in [4.78, 5) is 5.38. The van der Waals surface area contributed by atoms with Crippen molar-refractivity contribution in [3.05, 3.63) is 0 Å². The normalized spacial score (nSPS) is 31.5. The summed E-state index contributed by atoms with van der Waals surface area (Å²) < 4.78 is 0. The van der Waals surface area contributed by atoms with E-state index in [9.17, 15) is 0 Å². The average molecular weight is 253 g/mol. The summed E-state index contributed by atoms with van der Waals surface area (Å²) in [6.07, 6.45) is 1.32. The Balaban J connectivity index is 2.02. The Labute approximate surface area is 113 Å². The third-order valence-corrected chi connectivity index (χ3v) is 4.71. The number of hydrogen-bond donors (Lipinski definition) is 1. The van der Waals surface area contributed by atoms with E-state index in [1.807, 2.05) is 0 Å². The average Bonchev–Trinajstić information content (AvgIpc) is 2.27. The molecule has 2 aliphatic heterocycles. The molecule has 3 nitrogen and oxygen atoms in total. The van der Waals surface area contributed by atoms with Crippen LogP contribution in [0.5, 0.6) is 0 Å². The quantitative estimate of drug-likeness (QED) is 0.769. The molecule has 0 aromatic rings. The van der Waals surface area contributed by atoms with E-state index < -0.39 is 0 Å². The molecule has 3 heteroatoms. The lowest BCUT2D eigenvalue weighted by molar-refractivity contribution is -0.0307. The second-order valence-corrected chi connectivity index (χ2v) is 7.67. The van der Waals surface area contributed by atoms with Crippen LogP contribution in [0.15, 0.2) is 0 Å². The lowest BCUT2D eigenvalue weighted by atomic mass is 9.76. The van der Waals surface area contributed by atoms with E-state index in [2.05, 4.69) is 49.7 Å². The summed E-state index contributed by atoms with van der Waals surface area (Å²) in [6.45, 7) is 19.2. The van der Waals surface area contributed by atoms with Crippen LogP contribution < -0.4 is 5.32 Å². The molecule has 1 N–H and O–H groups in total. The van der Waals surface area contributed by atoms with E-state index in [0.29, 0.717) is 11.0 Å². The lowest BCUT2D eigenvalue weighted by Crippen LogP contribution is -2.61. The van der Waals surface area contributed by atoms with Crippen LogP contribution in [-0.2, 0) is 0 Å². The second-order valence-electron chi connectivity index (χ2n) is 7.67. The largest absolute Gasteiger partial charge is 0.314 e. The molecular formula is C15H31N3. The topological polar surface area (TPSA) is 18.5 Å². The van der Waals surface area contributed by atoms with Crippen LogP contribution in [0.4, 0.5) is 0 Å². The van der Waals surface area contributed by atoms with Gasteiger partial charge in [0.25, 0.3) is 0 Å². The molecule has 2 fully saturated rings. The van der Waals surface area contributed by atoms with Crippen molar-refractivity contribution in [2.24, 2.45) is 5.41 Å². The molecule has 0 radical (unpaired) electrons. The first-order chi connectivity index (χ1) is 8.31. The molecular weight excluding hydrogens is 222 g/mol. The maximum atomic E-state index is 3.46. The number of hydrogen-bond acceptors (Lipinski definition) is 3. The fourth-order valence-electron chi connectivity index (χ4n) is 3.59. The van der Waals surface area contributed by atoms with Crippen LogP contribution in [0, 0.1) is 5.41 Å². The highest BCUT2D eigenvalue weighted by Gasteiger charge is 2.41. The Hall–Kier alpha value is -0.120. The summed E-state index contributed by atoms with van der Waals surface area (Å²) in [6, 6.07) is 0.762. The molecule has 0 spiro atoms. The van der Waals surface area contributed by atoms with Crippen LogP contribution >= 0.6 is 0 Å². The monoisotopic (exact) mass is 253 g/mol. The van der Waals surface area contributed by atoms with Crippen molar-refractivity contribution >= 4 is 0 Å². The van der Waals surface area contributed by atoms with Crippen molar-refractivity contribution < 1.29 is 0 Å². The summed E-state index contributed by atoms with van der Waals surface area (Å²) in [7, 11) is 0. The molecule has 0 aromatic carbocycles. The van der Waals surface area contributed by atoms with Crippen molar-refractivity contribution in [3.63, 3.8) is 0 Å². The maximum Gasteiger partial charge on any atom is 0.0172 e. The van der Waals surface area contributed by atoms with Crippen LogP contribution in [-0.4, -0.2) is 60.6 Å². The van der Waals surface area contributed by atoms with Gasteiger partial charge in [0.05, 0.1) is 0 Å². The predicted octanol–water partition coefficient (Wildman–Crippen LogP) is 1.79. The number of nitrogens with zero attached hydrogens (tertiary/aromatic N) is 2. The Morgan fingerprint density at radius 1 is 1.06 bits per heavy atom. The van der Waals surface area contributed by atoms with E-state index in [4.69, 9.17) is 0 Å². The van der Waals surface area contributed by atoms with Gasteiger partial charge in [-0.25, -0.2) is 0 Å². The first-order valence-electron chi connectivity index (χ1n) is 7.50. The fraction of sp³-hybridized carbons (Fsp3) is 1.00. The van der Waals surface area contributed by atoms with Crippen LogP contribution in [0.1, 0.15) is 41.0 Å². The third kappa shape index (κ3) is 3.06. The van der Waals surface area contributed by atoms with Gasteiger partial charge in [0.2, 0.25) is 0 Å². The van der Waals surface area contributed by atoms with Gasteiger partial charge in [-0.3, -0.25) is 9.80 Å². The van der Waals surface area contributed by atoms with Gasteiger partial charge in [-0.15, -0.1) is 0 Å². The molecule has 0 bridgehead atoms. The molecule has 0 saturated carbocycles. The van der Waals surface area contributed by atoms with Gasteiger partial charge < -0.3 is 5.32 Å². The van der Waals surface area contributed by atoms with Gasteiger partial charge in [0, 0.05) is 50.8 Å². The minimum Gasteiger partial charge on any atom is -0.314 e. The lowest BCUT2D eigenvalue weighted by Gasteiger charge is -2.53. The van der Waals surface area contributed by atoms with Crippen molar-refractivity contribution in [2.75, 3.05) is 39.3 Å². The Morgan fingerprint density at radius 3 is 2.17 bits per heavy atom. The Bertz CT molecular complexity index is 274. The van der Waals surface area contributed by atoms with Gasteiger partial charge in [0.15, 0.2) is 0 Å². The van der Waals surface area contributed by atoms with E-state index in [0.717, 1.165) is 19.1 Å². The predicted molar refractivity (Wildman–Crippen MR) is 78.0 cm³/mol. The zero-order valence-electron chi connectivity index (χ0n) is 12.9. The molecule has 18 heavy (non-hydrogen) atoms. The molecule has 0 aromatic heterocycles. The second kappa shape index (κ2) is 5.10. The van der Waals surface area contributed by atoms with Crippen LogP contribution in [0.25, 0.3) is 0 Å². The molecule has 2 saturated heterocycles.